The number of hydrogen-bond acceptors (Lipinski definition) is 2. The molecule has 0 aromatic rings. The van der Waals surface area contributed by atoms with Gasteiger partial charge in [-0.1, -0.05) is 0 Å². The lowest BCUT2D eigenvalue weighted by atomic mass is 10.2. The van der Waals surface area contributed by atoms with E-state index in [0.29, 0.717) is 12.8 Å². The number of aliphatic hydroxyl groups is 2. The topological polar surface area (TPSA) is 40.5 Å². The van der Waals surface area contributed by atoms with Gasteiger partial charge in [-0.3, -0.25) is 0 Å². The molecule has 0 heterocycles. The van der Waals surface area contributed by atoms with Crippen molar-refractivity contribution in [2.45, 2.75) is 31.5 Å². The van der Waals surface area contributed by atoms with Crippen LogP contribution in [0.5, 0.6) is 0 Å². The molecule has 1 rings (SSSR count). The SMILES string of the molecule is Cl.OC1(O)CCCC1. The summed E-state index contributed by atoms with van der Waals surface area (Å²) in [5.41, 5.74) is 0. The molecule has 1 aliphatic carbocycles. The predicted molar refractivity (Wildman–Crippen MR) is 32.9 cm³/mol. The highest BCUT2D eigenvalue weighted by Gasteiger charge is 2.26. The molecule has 0 bridgehead atoms. The maximum atomic E-state index is 8.75. The Morgan fingerprint density at radius 3 is 1.50 bits per heavy atom. The van der Waals surface area contributed by atoms with Gasteiger partial charge in [0.1, 0.15) is 0 Å². The van der Waals surface area contributed by atoms with Gasteiger partial charge in [0.25, 0.3) is 0 Å². The first-order chi connectivity index (χ1) is 3.21. The average Bonchev–Trinajstić information content (AvgIpc) is 1.84. The second-order valence-corrected chi connectivity index (χ2v) is 2.19. The molecule has 0 amide bonds. The molecular formula is C5H11ClO2. The Morgan fingerprint density at radius 2 is 1.38 bits per heavy atom. The molecule has 0 aromatic carbocycles. The van der Waals surface area contributed by atoms with E-state index < -0.39 is 5.79 Å². The van der Waals surface area contributed by atoms with Gasteiger partial charge in [-0.15, -0.1) is 12.4 Å². The lowest BCUT2D eigenvalue weighted by Gasteiger charge is -2.11. The van der Waals surface area contributed by atoms with Crippen LogP contribution in [0.25, 0.3) is 0 Å². The van der Waals surface area contributed by atoms with Gasteiger partial charge in [-0.05, 0) is 12.8 Å². The van der Waals surface area contributed by atoms with Gasteiger partial charge in [0, 0.05) is 12.8 Å². The van der Waals surface area contributed by atoms with Crippen molar-refractivity contribution in [2.75, 3.05) is 0 Å². The summed E-state index contributed by atoms with van der Waals surface area (Å²) in [7, 11) is 0. The lowest BCUT2D eigenvalue weighted by molar-refractivity contribution is -0.152. The first kappa shape index (κ1) is 8.21. The summed E-state index contributed by atoms with van der Waals surface area (Å²) in [6, 6.07) is 0. The number of rotatable bonds is 0. The maximum Gasteiger partial charge on any atom is 0.162 e. The largest absolute Gasteiger partial charge is 0.366 e. The van der Waals surface area contributed by atoms with E-state index in [9.17, 15) is 0 Å². The zero-order chi connectivity index (χ0) is 5.33. The molecule has 50 valence electrons. The lowest BCUT2D eigenvalue weighted by Crippen LogP contribution is -2.21. The van der Waals surface area contributed by atoms with Gasteiger partial charge in [0.05, 0.1) is 0 Å². The summed E-state index contributed by atoms with van der Waals surface area (Å²) >= 11 is 0. The Bertz CT molecular complexity index is 64.8. The Hall–Kier alpha value is 0.210. The van der Waals surface area contributed by atoms with Gasteiger partial charge in [-0.25, -0.2) is 0 Å². The molecule has 0 unspecified atom stereocenters. The fraction of sp³-hybridized carbons (Fsp3) is 1.00. The second-order valence-electron chi connectivity index (χ2n) is 2.19. The van der Waals surface area contributed by atoms with E-state index in [2.05, 4.69) is 0 Å². The van der Waals surface area contributed by atoms with Gasteiger partial charge in [0.2, 0.25) is 0 Å². The molecule has 0 aromatic heterocycles. The zero-order valence-electron chi connectivity index (χ0n) is 4.63. The first-order valence-electron chi connectivity index (χ1n) is 2.65. The summed E-state index contributed by atoms with van der Waals surface area (Å²) in [4.78, 5) is 0. The van der Waals surface area contributed by atoms with Crippen LogP contribution in [0.15, 0.2) is 0 Å². The summed E-state index contributed by atoms with van der Waals surface area (Å²) < 4.78 is 0. The third-order valence-corrected chi connectivity index (χ3v) is 1.40. The predicted octanol–water partition coefficient (Wildman–Crippen LogP) is 0.663. The molecule has 0 spiro atoms. The van der Waals surface area contributed by atoms with Crippen LogP contribution in [0.2, 0.25) is 0 Å². The van der Waals surface area contributed by atoms with Gasteiger partial charge < -0.3 is 10.2 Å². The summed E-state index contributed by atoms with van der Waals surface area (Å²) in [5.74, 6) is -1.31. The van der Waals surface area contributed by atoms with Crippen molar-refractivity contribution in [2.24, 2.45) is 0 Å². The molecule has 3 heteroatoms. The second kappa shape index (κ2) is 2.67. The minimum absolute atomic E-state index is 0. The van der Waals surface area contributed by atoms with Crippen LogP contribution < -0.4 is 0 Å². The monoisotopic (exact) mass is 138 g/mol. The molecule has 1 saturated carbocycles. The Kier molecular flexibility index (Phi) is 2.74. The zero-order valence-corrected chi connectivity index (χ0v) is 5.45. The Labute approximate surface area is 54.9 Å². The molecule has 0 saturated heterocycles. The molecule has 1 aliphatic rings. The van der Waals surface area contributed by atoms with Crippen molar-refractivity contribution in [1.82, 2.24) is 0 Å². The fourth-order valence-electron chi connectivity index (χ4n) is 0.941. The molecule has 1 fully saturated rings. The van der Waals surface area contributed by atoms with Crippen LogP contribution in [0.4, 0.5) is 0 Å². The minimum atomic E-state index is -1.31. The van der Waals surface area contributed by atoms with E-state index in [4.69, 9.17) is 10.2 Å². The van der Waals surface area contributed by atoms with E-state index in [1.807, 2.05) is 0 Å². The fourth-order valence-corrected chi connectivity index (χ4v) is 0.941. The van der Waals surface area contributed by atoms with Crippen molar-refractivity contribution < 1.29 is 10.2 Å². The first-order valence-corrected chi connectivity index (χ1v) is 2.65. The molecule has 0 atom stereocenters. The molecule has 2 nitrogen and oxygen atoms in total. The molecule has 2 N–H and O–H groups in total. The standard InChI is InChI=1S/C5H10O2.ClH/c6-5(7)3-1-2-4-5;/h6-7H,1-4H2;1H. The maximum absolute atomic E-state index is 8.75. The van der Waals surface area contributed by atoms with Crippen LogP contribution in [0.1, 0.15) is 25.7 Å². The highest BCUT2D eigenvalue weighted by atomic mass is 35.5. The normalized spacial score (nSPS) is 24.8. The highest BCUT2D eigenvalue weighted by molar-refractivity contribution is 5.85. The van der Waals surface area contributed by atoms with Crippen LogP contribution in [-0.2, 0) is 0 Å². The third-order valence-electron chi connectivity index (χ3n) is 1.40. The quantitative estimate of drug-likeness (QED) is 0.483. The summed E-state index contributed by atoms with van der Waals surface area (Å²) in [6.07, 6.45) is 3.06. The van der Waals surface area contributed by atoms with E-state index in [1.54, 1.807) is 0 Å². The highest BCUT2D eigenvalue weighted by Crippen LogP contribution is 2.25. The van der Waals surface area contributed by atoms with Crippen LogP contribution in [-0.4, -0.2) is 16.0 Å². The minimum Gasteiger partial charge on any atom is -0.366 e. The van der Waals surface area contributed by atoms with Crippen molar-refractivity contribution in [3.8, 4) is 0 Å². The molecule has 0 radical (unpaired) electrons. The van der Waals surface area contributed by atoms with Crippen molar-refractivity contribution >= 4 is 12.4 Å². The van der Waals surface area contributed by atoms with Crippen LogP contribution >= 0.6 is 12.4 Å². The third kappa shape index (κ3) is 1.99. The molecule has 0 aliphatic heterocycles. The average molecular weight is 139 g/mol. The van der Waals surface area contributed by atoms with Crippen molar-refractivity contribution in [3.63, 3.8) is 0 Å². The summed E-state index contributed by atoms with van der Waals surface area (Å²) in [6.45, 7) is 0. The van der Waals surface area contributed by atoms with E-state index >= 15 is 0 Å². The van der Waals surface area contributed by atoms with Gasteiger partial charge in [-0.2, -0.15) is 0 Å². The van der Waals surface area contributed by atoms with Gasteiger partial charge >= 0.3 is 0 Å². The Balaban J connectivity index is 0.000000490. The molecule has 8 heavy (non-hydrogen) atoms. The van der Waals surface area contributed by atoms with Crippen molar-refractivity contribution in [3.05, 3.63) is 0 Å². The van der Waals surface area contributed by atoms with Crippen LogP contribution in [0.3, 0.4) is 0 Å². The molecular weight excluding hydrogens is 128 g/mol. The summed E-state index contributed by atoms with van der Waals surface area (Å²) in [5, 5.41) is 17.5. The van der Waals surface area contributed by atoms with E-state index in [1.165, 1.54) is 0 Å². The Morgan fingerprint density at radius 1 is 1.00 bits per heavy atom. The van der Waals surface area contributed by atoms with E-state index in [0.717, 1.165) is 12.8 Å². The number of hydrogen-bond donors (Lipinski definition) is 2. The van der Waals surface area contributed by atoms with E-state index in [-0.39, 0.29) is 12.4 Å². The van der Waals surface area contributed by atoms with Gasteiger partial charge in [0.15, 0.2) is 5.79 Å². The smallest absolute Gasteiger partial charge is 0.162 e. The van der Waals surface area contributed by atoms with Crippen molar-refractivity contribution in [1.29, 1.82) is 0 Å². The van der Waals surface area contributed by atoms with Crippen LogP contribution in [0, 0.1) is 0 Å². The number of halogens is 1.